The molecule has 2 aliphatic rings. The lowest BCUT2D eigenvalue weighted by Crippen LogP contribution is -2.43. The largest absolute Gasteiger partial charge is 0.349 e. The van der Waals surface area contributed by atoms with Crippen molar-refractivity contribution in [1.29, 1.82) is 0 Å². The third-order valence-electron chi connectivity index (χ3n) is 4.76. The molecule has 0 saturated carbocycles. The highest BCUT2D eigenvalue weighted by molar-refractivity contribution is 5.92. The number of nitrogens with one attached hydrogen (secondary N) is 2. The van der Waals surface area contributed by atoms with Crippen molar-refractivity contribution in [1.82, 2.24) is 30.2 Å². The Bertz CT molecular complexity index is 631. The van der Waals surface area contributed by atoms with Crippen molar-refractivity contribution in [2.45, 2.75) is 38.4 Å². The van der Waals surface area contributed by atoms with Gasteiger partial charge in [-0.2, -0.15) is 5.10 Å². The van der Waals surface area contributed by atoms with Gasteiger partial charge in [0.1, 0.15) is 0 Å². The zero-order chi connectivity index (χ0) is 17.8. The first-order valence-corrected chi connectivity index (χ1v) is 9.06. The zero-order valence-electron chi connectivity index (χ0n) is 15.9. The molecule has 0 unspecified atom stereocenters. The molecule has 2 amide bonds. The summed E-state index contributed by atoms with van der Waals surface area (Å²) in [6.07, 6.45) is 2.82. The Morgan fingerprint density at radius 3 is 2.74 bits per heavy atom. The number of likely N-dealkylation sites (N-methyl/N-ethyl adjacent to an activating group) is 1. The van der Waals surface area contributed by atoms with E-state index in [0.717, 1.165) is 51.1 Å². The minimum atomic E-state index is -0.155. The van der Waals surface area contributed by atoms with Crippen LogP contribution in [0.2, 0.25) is 0 Å². The molecule has 0 bridgehead atoms. The molecule has 0 aliphatic carbocycles. The maximum Gasteiger partial charge on any atom is 0.271 e. The number of rotatable bonds is 5. The van der Waals surface area contributed by atoms with Crippen LogP contribution in [0.4, 0.5) is 0 Å². The van der Waals surface area contributed by atoms with E-state index in [1.165, 1.54) is 0 Å². The first kappa shape index (κ1) is 23.7. The average molecular weight is 421 g/mol. The first-order chi connectivity index (χ1) is 12.0. The van der Waals surface area contributed by atoms with Gasteiger partial charge in [-0.15, -0.1) is 24.8 Å². The Morgan fingerprint density at radius 2 is 2.07 bits per heavy atom. The smallest absolute Gasteiger partial charge is 0.271 e. The Balaban J connectivity index is 0.00000182. The van der Waals surface area contributed by atoms with E-state index in [1.807, 2.05) is 34.6 Å². The van der Waals surface area contributed by atoms with E-state index in [1.54, 1.807) is 0 Å². The summed E-state index contributed by atoms with van der Waals surface area (Å²) in [5, 5.41) is 10.6. The highest BCUT2D eigenvalue weighted by atomic mass is 35.5. The molecule has 8 nitrogen and oxygen atoms in total. The van der Waals surface area contributed by atoms with Crippen LogP contribution in [-0.4, -0.2) is 77.7 Å². The van der Waals surface area contributed by atoms with Crippen LogP contribution in [-0.2, 0) is 17.9 Å². The van der Waals surface area contributed by atoms with Crippen LogP contribution in [0.1, 0.15) is 35.4 Å². The van der Waals surface area contributed by atoms with E-state index in [-0.39, 0.29) is 42.7 Å². The molecule has 0 radical (unpaired) electrons. The molecule has 27 heavy (non-hydrogen) atoms. The molecule has 1 atom stereocenters. The maximum absolute atomic E-state index is 12.7. The molecule has 10 heteroatoms. The van der Waals surface area contributed by atoms with Crippen molar-refractivity contribution < 1.29 is 9.59 Å². The van der Waals surface area contributed by atoms with Gasteiger partial charge in [-0.1, -0.05) is 0 Å². The number of aryl methyl sites for hydroxylation is 1. The number of carbonyl (C=O) groups excluding carboxylic acids is 2. The molecule has 1 saturated heterocycles. The number of halogens is 2. The van der Waals surface area contributed by atoms with Gasteiger partial charge in [-0.3, -0.25) is 14.3 Å². The van der Waals surface area contributed by atoms with Crippen LogP contribution in [0.3, 0.4) is 0 Å². The minimum Gasteiger partial charge on any atom is -0.349 e. The molecule has 1 aromatic heterocycles. The van der Waals surface area contributed by atoms with Crippen LogP contribution < -0.4 is 10.6 Å². The SMILES string of the molecule is CN(C)CCNC(=O)c1cc2n(n1)CCCN(C(=O)[C@@H]1CCCN1)C2.Cl.Cl. The van der Waals surface area contributed by atoms with Gasteiger partial charge in [0.25, 0.3) is 5.91 Å². The molecule has 0 spiro atoms. The molecular weight excluding hydrogens is 391 g/mol. The number of amides is 2. The lowest BCUT2D eigenvalue weighted by molar-refractivity contribution is -0.133. The van der Waals surface area contributed by atoms with E-state index in [2.05, 4.69) is 15.7 Å². The molecule has 2 aliphatic heterocycles. The lowest BCUT2D eigenvalue weighted by atomic mass is 10.2. The van der Waals surface area contributed by atoms with Crippen molar-refractivity contribution in [2.75, 3.05) is 40.3 Å². The first-order valence-electron chi connectivity index (χ1n) is 9.06. The Morgan fingerprint density at radius 1 is 1.30 bits per heavy atom. The summed E-state index contributed by atoms with van der Waals surface area (Å²) in [5.41, 5.74) is 1.36. The second kappa shape index (κ2) is 10.8. The number of aromatic nitrogens is 2. The number of nitrogens with zero attached hydrogens (tertiary/aromatic N) is 4. The van der Waals surface area contributed by atoms with E-state index in [4.69, 9.17) is 0 Å². The molecule has 1 aromatic rings. The number of carbonyl (C=O) groups is 2. The van der Waals surface area contributed by atoms with Gasteiger partial charge in [0.05, 0.1) is 18.3 Å². The standard InChI is InChI=1S/C17H28N6O2.2ClH/c1-21(2)10-7-19-16(24)15-11-13-12-22(8-4-9-23(13)20-15)17(25)14-5-3-6-18-14;;/h11,14,18H,3-10,12H2,1-2H3,(H,19,24);2*1H/t14-;;/m0../s1. The van der Waals surface area contributed by atoms with Crippen LogP contribution in [0.15, 0.2) is 6.07 Å². The summed E-state index contributed by atoms with van der Waals surface area (Å²) in [4.78, 5) is 28.8. The zero-order valence-corrected chi connectivity index (χ0v) is 17.6. The van der Waals surface area contributed by atoms with Crippen LogP contribution in [0.5, 0.6) is 0 Å². The third kappa shape index (κ3) is 6.07. The molecular formula is C17H30Cl2N6O2. The number of hydrogen-bond acceptors (Lipinski definition) is 5. The van der Waals surface area contributed by atoms with Crippen LogP contribution >= 0.6 is 24.8 Å². The molecule has 0 aromatic carbocycles. The number of hydrogen-bond donors (Lipinski definition) is 2. The molecule has 3 rings (SSSR count). The Hall–Kier alpha value is -1.35. The van der Waals surface area contributed by atoms with Gasteiger partial charge in [-0.25, -0.2) is 0 Å². The fourth-order valence-electron chi connectivity index (χ4n) is 3.36. The topological polar surface area (TPSA) is 82.5 Å². The van der Waals surface area contributed by atoms with Crippen LogP contribution in [0.25, 0.3) is 0 Å². The molecule has 3 heterocycles. The summed E-state index contributed by atoms with van der Waals surface area (Å²) in [7, 11) is 3.94. The molecule has 1 fully saturated rings. The van der Waals surface area contributed by atoms with Crippen molar-refractivity contribution in [3.63, 3.8) is 0 Å². The summed E-state index contributed by atoms with van der Waals surface area (Å²) in [5.74, 6) is 0.0156. The second-order valence-corrected chi connectivity index (χ2v) is 7.07. The van der Waals surface area contributed by atoms with Gasteiger partial charge in [-0.05, 0) is 46.0 Å². The average Bonchev–Trinajstić information content (AvgIpc) is 3.20. The summed E-state index contributed by atoms with van der Waals surface area (Å²) >= 11 is 0. The predicted octanol–water partition coefficient (Wildman–Crippen LogP) is 0.502. The van der Waals surface area contributed by atoms with Gasteiger partial charge in [0.2, 0.25) is 5.91 Å². The van der Waals surface area contributed by atoms with E-state index in [0.29, 0.717) is 18.8 Å². The van der Waals surface area contributed by atoms with E-state index < -0.39 is 0 Å². The van der Waals surface area contributed by atoms with Crippen molar-refractivity contribution >= 4 is 36.6 Å². The predicted molar refractivity (Wildman–Crippen MR) is 109 cm³/mol. The monoisotopic (exact) mass is 420 g/mol. The Labute approximate surface area is 172 Å². The molecule has 154 valence electrons. The fraction of sp³-hybridized carbons (Fsp3) is 0.706. The number of fused-ring (bicyclic) bond motifs is 1. The van der Waals surface area contributed by atoms with E-state index in [9.17, 15) is 9.59 Å². The van der Waals surface area contributed by atoms with Gasteiger partial charge >= 0.3 is 0 Å². The normalized spacial score (nSPS) is 18.9. The highest BCUT2D eigenvalue weighted by Crippen LogP contribution is 2.17. The molecule has 2 N–H and O–H groups in total. The summed E-state index contributed by atoms with van der Waals surface area (Å²) in [6.45, 7) is 4.29. The third-order valence-corrected chi connectivity index (χ3v) is 4.76. The van der Waals surface area contributed by atoms with E-state index >= 15 is 0 Å². The second-order valence-electron chi connectivity index (χ2n) is 7.07. The quantitative estimate of drug-likeness (QED) is 0.724. The van der Waals surface area contributed by atoms with Gasteiger partial charge in [0, 0.05) is 26.2 Å². The Kier molecular flexibility index (Phi) is 9.52. The van der Waals surface area contributed by atoms with Gasteiger partial charge < -0.3 is 20.4 Å². The van der Waals surface area contributed by atoms with Crippen molar-refractivity contribution in [2.24, 2.45) is 0 Å². The van der Waals surface area contributed by atoms with Gasteiger partial charge in [0.15, 0.2) is 5.69 Å². The van der Waals surface area contributed by atoms with Crippen molar-refractivity contribution in [3.05, 3.63) is 17.5 Å². The minimum absolute atomic E-state index is 0. The van der Waals surface area contributed by atoms with Crippen LogP contribution in [0, 0.1) is 0 Å². The highest BCUT2D eigenvalue weighted by Gasteiger charge is 2.29. The summed E-state index contributed by atoms with van der Waals surface area (Å²) < 4.78 is 1.87. The maximum atomic E-state index is 12.7. The fourth-order valence-corrected chi connectivity index (χ4v) is 3.36. The lowest BCUT2D eigenvalue weighted by Gasteiger charge is -2.23. The van der Waals surface area contributed by atoms with Crippen molar-refractivity contribution in [3.8, 4) is 0 Å². The summed E-state index contributed by atoms with van der Waals surface area (Å²) in [6, 6.07) is 1.77.